The van der Waals surface area contributed by atoms with E-state index in [2.05, 4.69) is 10.3 Å². The second-order valence-corrected chi connectivity index (χ2v) is 6.71. The molecule has 7 heteroatoms. The molecule has 3 aromatic rings. The summed E-state index contributed by atoms with van der Waals surface area (Å²) < 4.78 is 6.33. The minimum absolute atomic E-state index is 0.216. The Labute approximate surface area is 168 Å². The topological polar surface area (TPSA) is 90.3 Å². The Hall–Kier alpha value is -3.48. The van der Waals surface area contributed by atoms with Crippen LogP contribution in [0.3, 0.4) is 0 Å². The summed E-state index contributed by atoms with van der Waals surface area (Å²) in [5, 5.41) is 3.13. The highest BCUT2D eigenvalue weighted by atomic mass is 16.5. The highest BCUT2D eigenvalue weighted by Gasteiger charge is 2.23. The van der Waals surface area contributed by atoms with Gasteiger partial charge in [0.1, 0.15) is 12.6 Å². The zero-order valence-corrected chi connectivity index (χ0v) is 16.4. The molecule has 0 aliphatic carbocycles. The van der Waals surface area contributed by atoms with Crippen molar-refractivity contribution in [3.63, 3.8) is 0 Å². The summed E-state index contributed by atoms with van der Waals surface area (Å²) in [4.78, 5) is 41.8. The fraction of sp³-hybridized carbons (Fsp3) is 0.273. The number of para-hydroxylation sites is 1. The number of aromatic nitrogens is 2. The molecule has 7 nitrogen and oxygen atoms in total. The van der Waals surface area contributed by atoms with Crippen molar-refractivity contribution in [2.24, 2.45) is 0 Å². The van der Waals surface area contributed by atoms with Crippen LogP contribution in [0.5, 0.6) is 0 Å². The van der Waals surface area contributed by atoms with Gasteiger partial charge in [0.05, 0.1) is 23.8 Å². The van der Waals surface area contributed by atoms with E-state index in [0.29, 0.717) is 17.3 Å². The van der Waals surface area contributed by atoms with Crippen molar-refractivity contribution in [2.75, 3.05) is 6.61 Å². The largest absolute Gasteiger partial charge is 0.464 e. The van der Waals surface area contributed by atoms with E-state index in [1.54, 1.807) is 19.1 Å². The summed E-state index contributed by atoms with van der Waals surface area (Å²) in [6.07, 6.45) is 1.66. The van der Waals surface area contributed by atoms with Crippen molar-refractivity contribution >= 4 is 22.8 Å². The molecule has 2 aromatic carbocycles. The first-order valence-electron chi connectivity index (χ1n) is 9.44. The van der Waals surface area contributed by atoms with Crippen LogP contribution < -0.4 is 10.9 Å². The van der Waals surface area contributed by atoms with Gasteiger partial charge in [-0.25, -0.2) is 9.78 Å². The van der Waals surface area contributed by atoms with Gasteiger partial charge in [-0.05, 0) is 31.0 Å². The van der Waals surface area contributed by atoms with E-state index in [4.69, 9.17) is 4.74 Å². The number of nitrogens with one attached hydrogen (secondary N) is 1. The number of fused-ring (bicyclic) bond motifs is 1. The third-order valence-electron chi connectivity index (χ3n) is 4.56. The molecule has 0 spiro atoms. The lowest BCUT2D eigenvalue weighted by atomic mass is 10.1. The van der Waals surface area contributed by atoms with Gasteiger partial charge in [-0.3, -0.25) is 14.2 Å². The molecule has 29 heavy (non-hydrogen) atoms. The van der Waals surface area contributed by atoms with Gasteiger partial charge in [0.15, 0.2) is 0 Å². The number of nitrogens with zero attached hydrogens (tertiary/aromatic N) is 2. The number of carbonyl (C=O) groups is 2. The normalized spacial score (nSPS) is 11.8. The van der Waals surface area contributed by atoms with Crippen LogP contribution in [-0.4, -0.2) is 34.1 Å². The number of benzene rings is 2. The number of amides is 1. The third-order valence-corrected chi connectivity index (χ3v) is 4.56. The van der Waals surface area contributed by atoms with Gasteiger partial charge in [0.25, 0.3) is 5.56 Å². The molecule has 0 saturated heterocycles. The molecule has 1 N–H and O–H groups in total. The lowest BCUT2D eigenvalue weighted by Crippen LogP contribution is -2.45. The molecule has 3 rings (SSSR count). The fourth-order valence-electron chi connectivity index (χ4n) is 3.13. The molecular formula is C22H23N3O4. The van der Waals surface area contributed by atoms with Gasteiger partial charge in [-0.15, -0.1) is 0 Å². The summed E-state index contributed by atoms with van der Waals surface area (Å²) in [6.45, 7) is 3.56. The minimum atomic E-state index is -0.837. The summed E-state index contributed by atoms with van der Waals surface area (Å²) in [5.74, 6) is -0.973. The van der Waals surface area contributed by atoms with Crippen LogP contribution in [0.1, 0.15) is 18.1 Å². The Morgan fingerprint density at radius 1 is 1.14 bits per heavy atom. The Bertz CT molecular complexity index is 1080. The molecular weight excluding hydrogens is 370 g/mol. The van der Waals surface area contributed by atoms with Crippen LogP contribution >= 0.6 is 0 Å². The van der Waals surface area contributed by atoms with Gasteiger partial charge in [-0.2, -0.15) is 0 Å². The van der Waals surface area contributed by atoms with Gasteiger partial charge in [0, 0.05) is 6.42 Å². The monoisotopic (exact) mass is 393 g/mol. The molecule has 1 heterocycles. The number of ether oxygens (including phenoxy) is 1. The molecule has 1 amide bonds. The smallest absolute Gasteiger partial charge is 0.328 e. The molecule has 1 aromatic heterocycles. The Morgan fingerprint density at radius 3 is 2.62 bits per heavy atom. The fourth-order valence-corrected chi connectivity index (χ4v) is 3.13. The number of hydrogen-bond acceptors (Lipinski definition) is 5. The average Bonchev–Trinajstić information content (AvgIpc) is 2.71. The summed E-state index contributed by atoms with van der Waals surface area (Å²) >= 11 is 0. The van der Waals surface area contributed by atoms with Crippen LogP contribution in [0, 0.1) is 6.92 Å². The van der Waals surface area contributed by atoms with E-state index < -0.39 is 17.9 Å². The van der Waals surface area contributed by atoms with Gasteiger partial charge < -0.3 is 10.1 Å². The maximum atomic E-state index is 12.7. The van der Waals surface area contributed by atoms with E-state index in [0.717, 1.165) is 11.1 Å². The van der Waals surface area contributed by atoms with Crippen LogP contribution in [0.25, 0.3) is 10.9 Å². The molecule has 0 aliphatic heterocycles. The lowest BCUT2D eigenvalue weighted by Gasteiger charge is -2.18. The molecule has 1 atom stereocenters. The second-order valence-electron chi connectivity index (χ2n) is 6.71. The number of aryl methyl sites for hydroxylation is 1. The van der Waals surface area contributed by atoms with Crippen molar-refractivity contribution in [3.05, 3.63) is 76.3 Å². The van der Waals surface area contributed by atoms with Crippen LogP contribution in [0.15, 0.2) is 59.7 Å². The predicted molar refractivity (Wildman–Crippen MR) is 109 cm³/mol. The van der Waals surface area contributed by atoms with Crippen molar-refractivity contribution in [1.82, 2.24) is 14.9 Å². The number of esters is 1. The summed E-state index contributed by atoms with van der Waals surface area (Å²) in [6, 6.07) is 13.9. The van der Waals surface area contributed by atoms with Crippen LogP contribution in [0.2, 0.25) is 0 Å². The summed E-state index contributed by atoms with van der Waals surface area (Å²) in [5.41, 5.74) is 2.10. The molecule has 1 unspecified atom stereocenters. The number of carbonyl (C=O) groups excluding carboxylic acids is 2. The first-order chi connectivity index (χ1) is 14.0. The minimum Gasteiger partial charge on any atom is -0.464 e. The molecule has 0 saturated carbocycles. The molecule has 0 bridgehead atoms. The molecule has 150 valence electrons. The SMILES string of the molecule is CCOC(=O)C(Cc1ccccc1)NC(=O)Cn1cnc2c(C)cccc2c1=O. The Kier molecular flexibility index (Phi) is 6.39. The standard InChI is InChI=1S/C22H23N3O4/c1-3-29-22(28)18(12-16-9-5-4-6-10-16)24-19(26)13-25-14-23-20-15(2)8-7-11-17(20)21(25)27/h4-11,14,18H,3,12-13H2,1-2H3,(H,24,26). The number of rotatable bonds is 7. The molecule has 0 aliphatic rings. The molecule has 0 fully saturated rings. The third kappa shape index (κ3) is 4.87. The van der Waals surface area contributed by atoms with Crippen LogP contribution in [-0.2, 0) is 27.3 Å². The summed E-state index contributed by atoms with van der Waals surface area (Å²) in [7, 11) is 0. The van der Waals surface area contributed by atoms with E-state index in [-0.39, 0.29) is 18.7 Å². The quantitative estimate of drug-likeness (QED) is 0.620. The van der Waals surface area contributed by atoms with Crippen LogP contribution in [0.4, 0.5) is 0 Å². The average molecular weight is 393 g/mol. The maximum Gasteiger partial charge on any atom is 0.328 e. The van der Waals surface area contributed by atoms with Crippen molar-refractivity contribution < 1.29 is 14.3 Å². The van der Waals surface area contributed by atoms with Gasteiger partial charge in [0.2, 0.25) is 5.91 Å². The van der Waals surface area contributed by atoms with E-state index in [9.17, 15) is 14.4 Å². The van der Waals surface area contributed by atoms with Gasteiger partial charge >= 0.3 is 5.97 Å². The molecule has 0 radical (unpaired) electrons. The van der Waals surface area contributed by atoms with E-state index >= 15 is 0 Å². The first-order valence-corrected chi connectivity index (χ1v) is 9.44. The zero-order valence-electron chi connectivity index (χ0n) is 16.4. The van der Waals surface area contributed by atoms with E-state index in [1.165, 1.54) is 10.9 Å². The zero-order chi connectivity index (χ0) is 20.8. The lowest BCUT2D eigenvalue weighted by molar-refractivity contribution is -0.147. The first kappa shape index (κ1) is 20.3. The highest BCUT2D eigenvalue weighted by Crippen LogP contribution is 2.11. The Balaban J connectivity index is 1.77. The van der Waals surface area contributed by atoms with Gasteiger partial charge in [-0.1, -0.05) is 42.5 Å². The predicted octanol–water partition coefficient (Wildman–Crippen LogP) is 2.00. The number of hydrogen-bond donors (Lipinski definition) is 1. The van der Waals surface area contributed by atoms with Crippen molar-refractivity contribution in [1.29, 1.82) is 0 Å². The second kappa shape index (κ2) is 9.14. The maximum absolute atomic E-state index is 12.7. The Morgan fingerprint density at radius 2 is 1.90 bits per heavy atom. The van der Waals surface area contributed by atoms with Crippen molar-refractivity contribution in [2.45, 2.75) is 32.9 Å². The highest BCUT2D eigenvalue weighted by molar-refractivity contribution is 5.85. The van der Waals surface area contributed by atoms with Crippen molar-refractivity contribution in [3.8, 4) is 0 Å². The van der Waals surface area contributed by atoms with E-state index in [1.807, 2.05) is 43.3 Å².